The molecular formula is C11H22N2. The maximum atomic E-state index is 6.14. The van der Waals surface area contributed by atoms with E-state index in [4.69, 9.17) is 5.73 Å². The predicted octanol–water partition coefficient (Wildman–Crippen LogP) is 1.65. The van der Waals surface area contributed by atoms with E-state index in [-0.39, 0.29) is 5.54 Å². The summed E-state index contributed by atoms with van der Waals surface area (Å²) in [5.74, 6) is 0. The van der Waals surface area contributed by atoms with Gasteiger partial charge in [-0.1, -0.05) is 13.8 Å². The fourth-order valence-corrected chi connectivity index (χ4v) is 2.19. The lowest BCUT2D eigenvalue weighted by Gasteiger charge is -2.38. The standard InChI is InChI=1S/C11H22N2/c1-10(2)8-9(10)13-7-6-11(12)4-3-5-11/h9,13H,3-8,12H2,1-2H3. The van der Waals surface area contributed by atoms with Gasteiger partial charge in [0, 0.05) is 11.6 Å². The van der Waals surface area contributed by atoms with Crippen LogP contribution in [0, 0.1) is 5.41 Å². The van der Waals surface area contributed by atoms with Gasteiger partial charge in [0.2, 0.25) is 0 Å². The molecule has 0 saturated heterocycles. The van der Waals surface area contributed by atoms with Gasteiger partial charge in [-0.05, 0) is 44.1 Å². The molecule has 13 heavy (non-hydrogen) atoms. The normalized spacial score (nSPS) is 33.9. The van der Waals surface area contributed by atoms with Crippen molar-refractivity contribution in [2.24, 2.45) is 11.1 Å². The molecule has 76 valence electrons. The Bertz CT molecular complexity index is 194. The summed E-state index contributed by atoms with van der Waals surface area (Å²) in [5.41, 5.74) is 6.89. The summed E-state index contributed by atoms with van der Waals surface area (Å²) < 4.78 is 0. The van der Waals surface area contributed by atoms with Crippen LogP contribution in [0.5, 0.6) is 0 Å². The summed E-state index contributed by atoms with van der Waals surface area (Å²) in [6.07, 6.45) is 6.32. The molecular weight excluding hydrogens is 160 g/mol. The third kappa shape index (κ3) is 2.05. The fourth-order valence-electron chi connectivity index (χ4n) is 2.19. The van der Waals surface area contributed by atoms with Crippen LogP contribution in [0.15, 0.2) is 0 Å². The van der Waals surface area contributed by atoms with Crippen LogP contribution in [0.3, 0.4) is 0 Å². The molecule has 3 N–H and O–H groups in total. The van der Waals surface area contributed by atoms with E-state index in [1.54, 1.807) is 0 Å². The summed E-state index contributed by atoms with van der Waals surface area (Å²) in [7, 11) is 0. The van der Waals surface area contributed by atoms with Crippen LogP contribution in [0.1, 0.15) is 46.0 Å². The minimum Gasteiger partial charge on any atom is -0.325 e. The second-order valence-electron chi connectivity index (χ2n) is 5.67. The third-order valence-electron chi connectivity index (χ3n) is 3.88. The van der Waals surface area contributed by atoms with Crippen molar-refractivity contribution in [3.05, 3.63) is 0 Å². The monoisotopic (exact) mass is 182 g/mol. The first-order valence-corrected chi connectivity index (χ1v) is 5.54. The molecule has 0 aliphatic heterocycles. The topological polar surface area (TPSA) is 38.0 Å². The minimum atomic E-state index is 0.200. The summed E-state index contributed by atoms with van der Waals surface area (Å²) in [6.45, 7) is 5.77. The van der Waals surface area contributed by atoms with Crippen LogP contribution < -0.4 is 11.1 Å². The van der Waals surface area contributed by atoms with Crippen molar-refractivity contribution in [3.63, 3.8) is 0 Å². The molecule has 1 unspecified atom stereocenters. The van der Waals surface area contributed by atoms with E-state index in [1.165, 1.54) is 32.1 Å². The molecule has 2 rings (SSSR count). The molecule has 0 radical (unpaired) electrons. The highest BCUT2D eigenvalue weighted by molar-refractivity contribution is 5.02. The van der Waals surface area contributed by atoms with E-state index in [9.17, 15) is 0 Å². The number of nitrogens with two attached hydrogens (primary N) is 1. The van der Waals surface area contributed by atoms with Crippen LogP contribution >= 0.6 is 0 Å². The zero-order chi connectivity index (χ0) is 9.53. The number of nitrogens with one attached hydrogen (secondary N) is 1. The molecule has 0 bridgehead atoms. The van der Waals surface area contributed by atoms with Crippen molar-refractivity contribution in [3.8, 4) is 0 Å². The van der Waals surface area contributed by atoms with E-state index >= 15 is 0 Å². The van der Waals surface area contributed by atoms with Crippen molar-refractivity contribution in [2.45, 2.75) is 57.5 Å². The van der Waals surface area contributed by atoms with Gasteiger partial charge in [-0.2, -0.15) is 0 Å². The molecule has 2 aliphatic rings. The summed E-state index contributed by atoms with van der Waals surface area (Å²) in [4.78, 5) is 0. The van der Waals surface area contributed by atoms with Gasteiger partial charge in [0.15, 0.2) is 0 Å². The lowest BCUT2D eigenvalue weighted by molar-refractivity contribution is 0.228. The molecule has 2 aliphatic carbocycles. The highest BCUT2D eigenvalue weighted by atomic mass is 15.0. The summed E-state index contributed by atoms with van der Waals surface area (Å²) in [5, 5.41) is 3.59. The zero-order valence-corrected chi connectivity index (χ0v) is 8.90. The second-order valence-corrected chi connectivity index (χ2v) is 5.67. The van der Waals surface area contributed by atoms with Crippen molar-refractivity contribution in [1.29, 1.82) is 0 Å². The fraction of sp³-hybridized carbons (Fsp3) is 1.00. The largest absolute Gasteiger partial charge is 0.325 e. The molecule has 2 heteroatoms. The Morgan fingerprint density at radius 3 is 2.38 bits per heavy atom. The van der Waals surface area contributed by atoms with Crippen molar-refractivity contribution in [2.75, 3.05) is 6.54 Å². The van der Waals surface area contributed by atoms with Gasteiger partial charge in [-0.3, -0.25) is 0 Å². The number of hydrogen-bond donors (Lipinski definition) is 2. The van der Waals surface area contributed by atoms with Crippen molar-refractivity contribution in [1.82, 2.24) is 5.32 Å². The molecule has 1 atom stereocenters. The molecule has 2 saturated carbocycles. The first-order chi connectivity index (χ1) is 6.02. The first kappa shape index (κ1) is 9.47. The minimum absolute atomic E-state index is 0.200. The lowest BCUT2D eigenvalue weighted by atomic mass is 9.75. The molecule has 0 aromatic carbocycles. The Balaban J connectivity index is 1.60. The predicted molar refractivity (Wildman–Crippen MR) is 55.6 cm³/mol. The van der Waals surface area contributed by atoms with Crippen molar-refractivity contribution < 1.29 is 0 Å². The summed E-state index contributed by atoms with van der Waals surface area (Å²) in [6, 6.07) is 0.760. The molecule has 2 fully saturated rings. The Labute approximate surface area is 81.3 Å². The average Bonchev–Trinajstić information content (AvgIpc) is 2.56. The Kier molecular flexibility index (Phi) is 2.16. The average molecular weight is 182 g/mol. The Morgan fingerprint density at radius 2 is 2.00 bits per heavy atom. The molecule has 0 aromatic rings. The van der Waals surface area contributed by atoms with Gasteiger partial charge >= 0.3 is 0 Å². The van der Waals surface area contributed by atoms with Gasteiger partial charge in [0.05, 0.1) is 0 Å². The van der Waals surface area contributed by atoms with Crippen LogP contribution in [0.25, 0.3) is 0 Å². The highest BCUT2D eigenvalue weighted by Crippen LogP contribution is 2.44. The zero-order valence-electron chi connectivity index (χ0n) is 8.90. The molecule has 0 aromatic heterocycles. The van der Waals surface area contributed by atoms with Crippen LogP contribution in [0.4, 0.5) is 0 Å². The molecule has 2 nitrogen and oxygen atoms in total. The van der Waals surface area contributed by atoms with E-state index in [0.29, 0.717) is 5.41 Å². The number of hydrogen-bond acceptors (Lipinski definition) is 2. The maximum Gasteiger partial charge on any atom is 0.0166 e. The van der Waals surface area contributed by atoms with E-state index in [2.05, 4.69) is 19.2 Å². The number of rotatable bonds is 4. The van der Waals surface area contributed by atoms with Crippen molar-refractivity contribution >= 4 is 0 Å². The van der Waals surface area contributed by atoms with Crippen LogP contribution in [-0.2, 0) is 0 Å². The van der Waals surface area contributed by atoms with Gasteiger partial charge < -0.3 is 11.1 Å². The van der Waals surface area contributed by atoms with Gasteiger partial charge in [-0.25, -0.2) is 0 Å². The van der Waals surface area contributed by atoms with Gasteiger partial charge in [-0.15, -0.1) is 0 Å². The van der Waals surface area contributed by atoms with E-state index in [0.717, 1.165) is 12.6 Å². The molecule has 0 heterocycles. The Hall–Kier alpha value is -0.0800. The molecule has 0 amide bonds. The highest BCUT2D eigenvalue weighted by Gasteiger charge is 2.45. The third-order valence-corrected chi connectivity index (χ3v) is 3.88. The molecule has 0 spiro atoms. The SMILES string of the molecule is CC1(C)CC1NCCC1(N)CCC1. The summed E-state index contributed by atoms with van der Waals surface area (Å²) >= 11 is 0. The quantitative estimate of drug-likeness (QED) is 0.693. The van der Waals surface area contributed by atoms with Gasteiger partial charge in [0.25, 0.3) is 0 Å². The first-order valence-electron chi connectivity index (χ1n) is 5.54. The van der Waals surface area contributed by atoms with E-state index < -0.39 is 0 Å². The lowest BCUT2D eigenvalue weighted by Crippen LogP contribution is -2.48. The van der Waals surface area contributed by atoms with E-state index in [1.807, 2.05) is 0 Å². The second kappa shape index (κ2) is 2.96. The maximum absolute atomic E-state index is 6.14. The van der Waals surface area contributed by atoms with Crippen LogP contribution in [0.2, 0.25) is 0 Å². The Morgan fingerprint density at radius 1 is 1.38 bits per heavy atom. The van der Waals surface area contributed by atoms with Crippen LogP contribution in [-0.4, -0.2) is 18.1 Å². The van der Waals surface area contributed by atoms with Gasteiger partial charge in [0.1, 0.15) is 0 Å². The smallest absolute Gasteiger partial charge is 0.0166 e.